The Bertz CT molecular complexity index is 1030. The van der Waals surface area contributed by atoms with Crippen molar-refractivity contribution >= 4 is 11.9 Å². The van der Waals surface area contributed by atoms with Crippen LogP contribution in [0.4, 0.5) is 0 Å². The molecule has 0 atom stereocenters. The number of hydrogen-bond donors (Lipinski definition) is 2. The molecule has 0 unspecified atom stereocenters. The third-order valence-electron chi connectivity index (χ3n) is 6.11. The van der Waals surface area contributed by atoms with Crippen LogP contribution in [0.1, 0.15) is 67.4 Å². The van der Waals surface area contributed by atoms with Crippen molar-refractivity contribution in [2.24, 2.45) is 0 Å². The molecule has 2 aromatic rings. The van der Waals surface area contributed by atoms with Crippen molar-refractivity contribution < 1.29 is 34.0 Å². The van der Waals surface area contributed by atoms with Gasteiger partial charge in [0.05, 0.1) is 18.8 Å². The molecule has 1 aliphatic heterocycles. The first-order valence-corrected chi connectivity index (χ1v) is 12.8. The zero-order valence-corrected chi connectivity index (χ0v) is 21.3. The van der Waals surface area contributed by atoms with Crippen LogP contribution in [0, 0.1) is 0 Å². The summed E-state index contributed by atoms with van der Waals surface area (Å²) in [5.74, 6) is 0.653. The van der Waals surface area contributed by atoms with Crippen LogP contribution in [0.5, 0.6) is 23.0 Å². The number of nitrogens with zero attached hydrogens (tertiary/aromatic N) is 1. The number of likely N-dealkylation sites (tertiary alicyclic amines) is 1. The summed E-state index contributed by atoms with van der Waals surface area (Å²) in [7, 11) is 0. The molecule has 196 valence electrons. The van der Waals surface area contributed by atoms with Crippen LogP contribution in [0.3, 0.4) is 0 Å². The normalized spacial score (nSPS) is 13.0. The van der Waals surface area contributed by atoms with Gasteiger partial charge in [-0.05, 0) is 49.9 Å². The van der Waals surface area contributed by atoms with E-state index in [4.69, 9.17) is 19.3 Å². The van der Waals surface area contributed by atoms with Crippen LogP contribution < -0.4 is 14.2 Å². The number of aromatic hydroxyl groups is 1. The fourth-order valence-electron chi connectivity index (χ4n) is 4.38. The van der Waals surface area contributed by atoms with E-state index in [1.807, 2.05) is 19.9 Å². The molecule has 0 radical (unpaired) electrons. The highest BCUT2D eigenvalue weighted by atomic mass is 16.5. The second kappa shape index (κ2) is 13.6. The molecule has 8 heteroatoms. The molecule has 0 aromatic heterocycles. The van der Waals surface area contributed by atoms with Gasteiger partial charge in [0.1, 0.15) is 23.0 Å². The molecular formula is C28H37NO7. The molecule has 2 N–H and O–H groups in total. The van der Waals surface area contributed by atoms with Crippen molar-refractivity contribution in [3.8, 4) is 23.0 Å². The molecule has 1 heterocycles. The van der Waals surface area contributed by atoms with E-state index in [9.17, 15) is 14.7 Å². The van der Waals surface area contributed by atoms with Crippen molar-refractivity contribution in [1.29, 1.82) is 0 Å². The maximum absolute atomic E-state index is 12.8. The van der Waals surface area contributed by atoms with Gasteiger partial charge in [-0.2, -0.15) is 0 Å². The summed E-state index contributed by atoms with van der Waals surface area (Å²) >= 11 is 0. The summed E-state index contributed by atoms with van der Waals surface area (Å²) in [5, 5.41) is 19.8. The molecule has 0 saturated carbocycles. The largest absolute Gasteiger partial charge is 0.507 e. The number of ether oxygens (including phenoxy) is 3. The molecule has 0 spiro atoms. The van der Waals surface area contributed by atoms with Gasteiger partial charge >= 0.3 is 5.97 Å². The standard InChI is InChI=1S/C28H37NO7/c1-3-9-20-23(11-7-12-24(20)36-19-26(30)31)34-17-8-18-35-25-14-13-22(27(32)21(25)10-4-2)28(33)29-15-5-6-16-29/h7,11-14,32H,3-6,8-10,15-19H2,1-2H3,(H,30,31). The van der Waals surface area contributed by atoms with Crippen LogP contribution >= 0.6 is 0 Å². The summed E-state index contributed by atoms with van der Waals surface area (Å²) in [5.41, 5.74) is 1.86. The summed E-state index contributed by atoms with van der Waals surface area (Å²) in [4.78, 5) is 25.5. The Morgan fingerprint density at radius 2 is 1.44 bits per heavy atom. The SMILES string of the molecule is CCCc1c(OCCCOc2ccc(C(=O)N3CCCC3)c(O)c2CCC)cccc1OCC(=O)O. The Labute approximate surface area is 212 Å². The molecule has 0 aliphatic carbocycles. The average Bonchev–Trinajstić information content (AvgIpc) is 3.40. The molecule has 1 amide bonds. The molecule has 8 nitrogen and oxygen atoms in total. The highest BCUT2D eigenvalue weighted by Gasteiger charge is 2.24. The van der Waals surface area contributed by atoms with Gasteiger partial charge in [-0.1, -0.05) is 32.8 Å². The minimum atomic E-state index is -1.03. The molecule has 2 aromatic carbocycles. The first-order valence-electron chi connectivity index (χ1n) is 12.8. The number of hydrogen-bond acceptors (Lipinski definition) is 6. The van der Waals surface area contributed by atoms with E-state index in [1.54, 1.807) is 29.2 Å². The number of phenols is 1. The number of amides is 1. The highest BCUT2D eigenvalue weighted by Crippen LogP contribution is 2.34. The number of carboxylic acid groups (broad SMARTS) is 1. The smallest absolute Gasteiger partial charge is 0.341 e. The fraction of sp³-hybridized carbons (Fsp3) is 0.500. The number of rotatable bonds is 14. The quantitative estimate of drug-likeness (QED) is 0.358. The summed E-state index contributed by atoms with van der Waals surface area (Å²) in [6, 6.07) is 8.82. The minimum Gasteiger partial charge on any atom is -0.507 e. The van der Waals surface area contributed by atoms with Crippen molar-refractivity contribution in [2.75, 3.05) is 32.9 Å². The molecule has 0 bridgehead atoms. The second-order valence-electron chi connectivity index (χ2n) is 8.90. The van der Waals surface area contributed by atoms with E-state index >= 15 is 0 Å². The van der Waals surface area contributed by atoms with Gasteiger partial charge in [-0.3, -0.25) is 4.79 Å². The maximum atomic E-state index is 12.8. The van der Waals surface area contributed by atoms with Crippen molar-refractivity contribution in [3.63, 3.8) is 0 Å². The van der Waals surface area contributed by atoms with Gasteiger partial charge in [0.25, 0.3) is 5.91 Å². The monoisotopic (exact) mass is 499 g/mol. The summed E-state index contributed by atoms with van der Waals surface area (Å²) < 4.78 is 17.4. The Morgan fingerprint density at radius 1 is 0.861 bits per heavy atom. The van der Waals surface area contributed by atoms with Crippen LogP contribution in [0.2, 0.25) is 0 Å². The zero-order chi connectivity index (χ0) is 25.9. The van der Waals surface area contributed by atoms with Crippen molar-refractivity contribution in [1.82, 2.24) is 4.90 Å². The Hall–Kier alpha value is -3.42. The van der Waals surface area contributed by atoms with E-state index in [1.165, 1.54) is 0 Å². The Balaban J connectivity index is 1.60. The molecule has 1 aliphatic rings. The van der Waals surface area contributed by atoms with Gasteiger partial charge in [0.15, 0.2) is 6.61 Å². The third kappa shape index (κ3) is 7.06. The van der Waals surface area contributed by atoms with Crippen LogP contribution in [0.15, 0.2) is 30.3 Å². The number of carbonyl (C=O) groups excluding carboxylic acids is 1. The van der Waals surface area contributed by atoms with Crippen molar-refractivity contribution in [2.45, 2.75) is 58.8 Å². The average molecular weight is 500 g/mol. The van der Waals surface area contributed by atoms with Gasteiger partial charge in [-0.15, -0.1) is 0 Å². The van der Waals surface area contributed by atoms with Gasteiger partial charge in [-0.25, -0.2) is 4.79 Å². The lowest BCUT2D eigenvalue weighted by atomic mass is 10.0. The maximum Gasteiger partial charge on any atom is 0.341 e. The number of phenolic OH excluding ortho intramolecular Hbond substituents is 1. The van der Waals surface area contributed by atoms with Gasteiger partial charge < -0.3 is 29.3 Å². The molecule has 3 rings (SSSR count). The van der Waals surface area contributed by atoms with Gasteiger partial charge in [0, 0.05) is 30.6 Å². The molecule has 1 saturated heterocycles. The van der Waals surface area contributed by atoms with E-state index < -0.39 is 12.6 Å². The third-order valence-corrected chi connectivity index (χ3v) is 6.11. The van der Waals surface area contributed by atoms with E-state index in [-0.39, 0.29) is 11.7 Å². The van der Waals surface area contributed by atoms with E-state index in [0.29, 0.717) is 60.9 Å². The lowest BCUT2D eigenvalue weighted by Crippen LogP contribution is -2.27. The van der Waals surface area contributed by atoms with E-state index in [0.717, 1.165) is 44.3 Å². The summed E-state index contributed by atoms with van der Waals surface area (Å²) in [6.45, 7) is 5.91. The predicted molar refractivity (Wildman–Crippen MR) is 136 cm³/mol. The van der Waals surface area contributed by atoms with Crippen LogP contribution in [-0.2, 0) is 17.6 Å². The minimum absolute atomic E-state index is 0.0184. The molecular weight excluding hydrogens is 462 g/mol. The number of aliphatic carboxylic acids is 1. The van der Waals surface area contributed by atoms with Crippen LogP contribution in [0.25, 0.3) is 0 Å². The molecule has 1 fully saturated rings. The highest BCUT2D eigenvalue weighted by molar-refractivity contribution is 5.97. The number of carbonyl (C=O) groups is 2. The Kier molecular flexibility index (Phi) is 10.3. The van der Waals surface area contributed by atoms with Crippen molar-refractivity contribution in [3.05, 3.63) is 47.0 Å². The van der Waals surface area contributed by atoms with E-state index in [2.05, 4.69) is 0 Å². The zero-order valence-electron chi connectivity index (χ0n) is 21.3. The van der Waals surface area contributed by atoms with Gasteiger partial charge in [0.2, 0.25) is 0 Å². The number of carboxylic acids is 1. The Morgan fingerprint density at radius 3 is 2.06 bits per heavy atom. The summed E-state index contributed by atoms with van der Waals surface area (Å²) in [6.07, 6.45) is 5.61. The van der Waals surface area contributed by atoms with Crippen LogP contribution in [-0.4, -0.2) is 59.9 Å². The topological polar surface area (TPSA) is 106 Å². The lowest BCUT2D eigenvalue weighted by Gasteiger charge is -2.19. The first kappa shape index (κ1) is 27.2. The second-order valence-corrected chi connectivity index (χ2v) is 8.90. The number of benzene rings is 2. The lowest BCUT2D eigenvalue weighted by molar-refractivity contribution is -0.139. The fourth-order valence-corrected chi connectivity index (χ4v) is 4.38. The molecule has 36 heavy (non-hydrogen) atoms. The first-order chi connectivity index (χ1) is 17.5. The predicted octanol–water partition coefficient (Wildman–Crippen LogP) is 4.84.